The fourth-order valence-electron chi connectivity index (χ4n) is 2.63. The quantitative estimate of drug-likeness (QED) is 0.414. The van der Waals surface area contributed by atoms with E-state index in [1.165, 1.54) is 30.0 Å². The molecular weight excluding hydrogens is 415 g/mol. The van der Waals surface area contributed by atoms with Gasteiger partial charge in [-0.25, -0.2) is 4.39 Å². The maximum Gasteiger partial charge on any atom is 0.234 e. The van der Waals surface area contributed by atoms with Crippen molar-refractivity contribution < 1.29 is 13.9 Å². The van der Waals surface area contributed by atoms with Gasteiger partial charge in [0.05, 0.1) is 24.1 Å². The second-order valence-corrected chi connectivity index (χ2v) is 7.25. The number of benzene rings is 2. The Hall–Kier alpha value is -2.84. The lowest BCUT2D eigenvalue weighted by Gasteiger charge is -2.11. The van der Waals surface area contributed by atoms with Crippen molar-refractivity contribution in [1.82, 2.24) is 14.8 Å². The van der Waals surface area contributed by atoms with Crippen molar-refractivity contribution in [1.29, 1.82) is 0 Å². The molecule has 0 aliphatic heterocycles. The molecule has 0 aliphatic rings. The van der Waals surface area contributed by atoms with Gasteiger partial charge in [-0.15, -0.1) is 16.8 Å². The zero-order valence-electron chi connectivity index (χ0n) is 15.6. The van der Waals surface area contributed by atoms with Crippen LogP contribution in [-0.4, -0.2) is 33.5 Å². The zero-order valence-corrected chi connectivity index (χ0v) is 17.1. The number of aromatic nitrogens is 3. The number of anilines is 1. The van der Waals surface area contributed by atoms with Crippen molar-refractivity contribution in [2.45, 2.75) is 11.7 Å². The normalized spacial score (nSPS) is 10.6. The first-order valence-corrected chi connectivity index (χ1v) is 9.95. The van der Waals surface area contributed by atoms with E-state index in [9.17, 15) is 9.18 Å². The largest absolute Gasteiger partial charge is 0.496 e. The lowest BCUT2D eigenvalue weighted by Crippen LogP contribution is -2.15. The van der Waals surface area contributed by atoms with Crippen molar-refractivity contribution in [3.63, 3.8) is 0 Å². The number of para-hydroxylation sites is 1. The summed E-state index contributed by atoms with van der Waals surface area (Å²) in [7, 11) is 1.59. The van der Waals surface area contributed by atoms with E-state index < -0.39 is 5.82 Å². The Balaban J connectivity index is 1.77. The summed E-state index contributed by atoms with van der Waals surface area (Å²) >= 11 is 7.04. The summed E-state index contributed by atoms with van der Waals surface area (Å²) in [5.41, 5.74) is 0.812. The van der Waals surface area contributed by atoms with Gasteiger partial charge in [-0.2, -0.15) is 0 Å². The molecule has 0 saturated carbocycles. The third kappa shape index (κ3) is 4.96. The second-order valence-electron chi connectivity index (χ2n) is 5.87. The average Bonchev–Trinajstić information content (AvgIpc) is 3.12. The van der Waals surface area contributed by atoms with E-state index in [0.717, 1.165) is 5.56 Å². The molecule has 3 rings (SSSR count). The molecule has 0 fully saturated rings. The minimum atomic E-state index is -0.555. The molecule has 0 atom stereocenters. The van der Waals surface area contributed by atoms with Crippen LogP contribution in [0.25, 0.3) is 11.4 Å². The number of nitrogens with zero attached hydrogens (tertiary/aromatic N) is 3. The van der Waals surface area contributed by atoms with Crippen molar-refractivity contribution in [3.05, 3.63) is 66.0 Å². The van der Waals surface area contributed by atoms with E-state index in [1.54, 1.807) is 13.2 Å². The number of thioether (sulfide) groups is 1. The van der Waals surface area contributed by atoms with E-state index >= 15 is 0 Å². The number of halogens is 2. The predicted octanol–water partition coefficient (Wildman–Crippen LogP) is 4.66. The van der Waals surface area contributed by atoms with Crippen molar-refractivity contribution in [2.24, 2.45) is 0 Å². The van der Waals surface area contributed by atoms with Gasteiger partial charge in [0.2, 0.25) is 5.91 Å². The van der Waals surface area contributed by atoms with E-state index in [0.29, 0.717) is 28.3 Å². The van der Waals surface area contributed by atoms with Gasteiger partial charge in [0.1, 0.15) is 11.6 Å². The molecule has 0 bridgehead atoms. The maximum absolute atomic E-state index is 13.8. The fourth-order valence-corrected chi connectivity index (χ4v) is 3.55. The smallest absolute Gasteiger partial charge is 0.234 e. The molecule has 150 valence electrons. The Morgan fingerprint density at radius 2 is 2.14 bits per heavy atom. The topological polar surface area (TPSA) is 69.0 Å². The van der Waals surface area contributed by atoms with E-state index in [1.807, 2.05) is 28.8 Å². The standard InChI is InChI=1S/C20H18ClFN4O2S/c1-3-10-26-19(14-6-4-5-7-17(14)28-2)24-25-20(26)29-12-18(27)23-16-11-13(21)8-9-15(16)22/h3-9,11H,1,10,12H2,2H3,(H,23,27). The van der Waals surface area contributed by atoms with Crippen LogP contribution in [-0.2, 0) is 11.3 Å². The van der Waals surface area contributed by atoms with E-state index in [4.69, 9.17) is 16.3 Å². The highest BCUT2D eigenvalue weighted by molar-refractivity contribution is 7.99. The van der Waals surface area contributed by atoms with Gasteiger partial charge in [0.15, 0.2) is 11.0 Å². The van der Waals surface area contributed by atoms with Crippen molar-refractivity contribution >= 4 is 35.0 Å². The molecule has 9 heteroatoms. The number of hydrogen-bond acceptors (Lipinski definition) is 5. The summed E-state index contributed by atoms with van der Waals surface area (Å²) < 4.78 is 21.0. The van der Waals surface area contributed by atoms with Gasteiger partial charge in [-0.1, -0.05) is 41.6 Å². The van der Waals surface area contributed by atoms with Crippen molar-refractivity contribution in [2.75, 3.05) is 18.2 Å². The number of ether oxygens (including phenoxy) is 1. The minimum absolute atomic E-state index is 0.0210. The minimum Gasteiger partial charge on any atom is -0.496 e. The first kappa shape index (κ1) is 20.9. The molecule has 2 aromatic carbocycles. The highest BCUT2D eigenvalue weighted by Gasteiger charge is 2.18. The molecule has 0 radical (unpaired) electrons. The van der Waals surface area contributed by atoms with Crippen LogP contribution in [0.4, 0.5) is 10.1 Å². The first-order valence-electron chi connectivity index (χ1n) is 8.58. The molecule has 3 aromatic rings. The third-order valence-electron chi connectivity index (χ3n) is 3.91. The van der Waals surface area contributed by atoms with Crippen LogP contribution < -0.4 is 10.1 Å². The molecule has 1 heterocycles. The molecule has 0 unspecified atom stereocenters. The van der Waals surface area contributed by atoms with Crippen LogP contribution >= 0.6 is 23.4 Å². The number of carbonyl (C=O) groups excluding carboxylic acids is 1. The van der Waals surface area contributed by atoms with E-state index in [-0.39, 0.29) is 17.3 Å². The number of methoxy groups -OCH3 is 1. The second kappa shape index (κ2) is 9.58. The number of carbonyl (C=O) groups is 1. The van der Waals surface area contributed by atoms with Crippen LogP contribution in [0.5, 0.6) is 5.75 Å². The SMILES string of the molecule is C=CCn1c(SCC(=O)Nc2cc(Cl)ccc2F)nnc1-c1ccccc1OC. The first-order chi connectivity index (χ1) is 14.0. The van der Waals surface area contributed by atoms with Crippen LogP contribution in [0.1, 0.15) is 0 Å². The van der Waals surface area contributed by atoms with E-state index in [2.05, 4.69) is 22.1 Å². The van der Waals surface area contributed by atoms with Gasteiger partial charge in [0.25, 0.3) is 0 Å². The van der Waals surface area contributed by atoms with Crippen LogP contribution in [0.3, 0.4) is 0 Å². The Morgan fingerprint density at radius 1 is 1.34 bits per heavy atom. The highest BCUT2D eigenvalue weighted by Crippen LogP contribution is 2.31. The lowest BCUT2D eigenvalue weighted by atomic mass is 10.2. The third-order valence-corrected chi connectivity index (χ3v) is 5.11. The Kier molecular flexibility index (Phi) is 6.90. The molecule has 6 nitrogen and oxygen atoms in total. The lowest BCUT2D eigenvalue weighted by molar-refractivity contribution is -0.113. The number of allylic oxidation sites excluding steroid dienone is 1. The molecule has 1 aromatic heterocycles. The summed E-state index contributed by atoms with van der Waals surface area (Å²) in [5.74, 6) is 0.346. The Morgan fingerprint density at radius 3 is 2.90 bits per heavy atom. The summed E-state index contributed by atoms with van der Waals surface area (Å²) in [4.78, 5) is 12.3. The number of amides is 1. The van der Waals surface area contributed by atoms with Crippen LogP contribution in [0.15, 0.2) is 60.3 Å². The molecule has 0 saturated heterocycles. The molecular formula is C20H18ClFN4O2S. The van der Waals surface area contributed by atoms with Gasteiger partial charge >= 0.3 is 0 Å². The van der Waals surface area contributed by atoms with Gasteiger partial charge in [0, 0.05) is 11.6 Å². The molecule has 29 heavy (non-hydrogen) atoms. The number of rotatable bonds is 8. The molecule has 1 amide bonds. The van der Waals surface area contributed by atoms with Gasteiger partial charge in [-0.3, -0.25) is 9.36 Å². The fraction of sp³-hybridized carbons (Fsp3) is 0.150. The Labute approximate surface area is 176 Å². The Bertz CT molecular complexity index is 1040. The number of hydrogen-bond donors (Lipinski definition) is 1. The van der Waals surface area contributed by atoms with Crippen molar-refractivity contribution in [3.8, 4) is 17.1 Å². The summed E-state index contributed by atoms with van der Waals surface area (Å²) in [6.45, 7) is 4.22. The van der Waals surface area contributed by atoms with Gasteiger partial charge < -0.3 is 10.1 Å². The van der Waals surface area contributed by atoms with Gasteiger partial charge in [-0.05, 0) is 30.3 Å². The summed E-state index contributed by atoms with van der Waals surface area (Å²) in [6, 6.07) is 11.4. The molecule has 1 N–H and O–H groups in total. The highest BCUT2D eigenvalue weighted by atomic mass is 35.5. The molecule has 0 aliphatic carbocycles. The average molecular weight is 433 g/mol. The van der Waals surface area contributed by atoms with Crippen LogP contribution in [0.2, 0.25) is 5.02 Å². The van der Waals surface area contributed by atoms with Crippen LogP contribution in [0, 0.1) is 5.82 Å². The predicted molar refractivity (Wildman–Crippen MR) is 113 cm³/mol. The molecule has 0 spiro atoms. The monoisotopic (exact) mass is 432 g/mol. The number of nitrogens with one attached hydrogen (secondary N) is 1. The summed E-state index contributed by atoms with van der Waals surface area (Å²) in [5, 5.41) is 11.8. The maximum atomic E-state index is 13.8. The zero-order chi connectivity index (χ0) is 20.8. The summed E-state index contributed by atoms with van der Waals surface area (Å²) in [6.07, 6.45) is 1.72.